The number of ether oxygens (including phenoxy) is 3. The van der Waals surface area contributed by atoms with Crippen LogP contribution in [0.25, 0.3) is 0 Å². The number of hydrogen-bond donors (Lipinski definition) is 1. The molecular weight excluding hydrogens is 212 g/mol. The van der Waals surface area contributed by atoms with E-state index in [-0.39, 0.29) is 23.9 Å². The molecule has 0 atom stereocenters. The predicted octanol–water partition coefficient (Wildman–Crippen LogP) is 1.20. The fourth-order valence-electron chi connectivity index (χ4n) is 1.09. The van der Waals surface area contributed by atoms with Crippen LogP contribution in [-0.4, -0.2) is 38.5 Å². The third-order valence-corrected chi connectivity index (χ3v) is 1.87. The molecule has 0 bridgehead atoms. The van der Waals surface area contributed by atoms with Gasteiger partial charge in [-0.1, -0.05) is 6.07 Å². The van der Waals surface area contributed by atoms with Crippen LogP contribution in [0.1, 0.15) is 10.4 Å². The Hall–Kier alpha value is -1.59. The molecule has 0 saturated carbocycles. The van der Waals surface area contributed by atoms with Crippen molar-refractivity contribution in [3.05, 3.63) is 23.8 Å². The normalized spacial score (nSPS) is 10.1. The molecule has 0 spiro atoms. The number of carbonyl (C=O) groups excluding carboxylic acids is 1. The largest absolute Gasteiger partial charge is 0.504 e. The van der Waals surface area contributed by atoms with E-state index in [1.165, 1.54) is 6.07 Å². The second-order valence-corrected chi connectivity index (χ2v) is 2.98. The zero-order valence-electron chi connectivity index (χ0n) is 9.01. The van der Waals surface area contributed by atoms with Crippen LogP contribution in [0.4, 0.5) is 0 Å². The topological polar surface area (TPSA) is 65.0 Å². The van der Waals surface area contributed by atoms with Gasteiger partial charge in [-0.2, -0.15) is 0 Å². The van der Waals surface area contributed by atoms with Crippen molar-refractivity contribution >= 4 is 6.29 Å². The smallest absolute Gasteiger partial charge is 0.189 e. The zero-order valence-corrected chi connectivity index (χ0v) is 9.01. The highest BCUT2D eigenvalue weighted by atomic mass is 16.7. The van der Waals surface area contributed by atoms with E-state index in [2.05, 4.69) is 0 Å². The summed E-state index contributed by atoms with van der Waals surface area (Å²) >= 11 is 0. The predicted molar refractivity (Wildman–Crippen MR) is 56.8 cm³/mol. The number of carbonyl (C=O) groups is 1. The van der Waals surface area contributed by atoms with Crippen LogP contribution < -0.4 is 4.74 Å². The summed E-state index contributed by atoms with van der Waals surface area (Å²) in [6.45, 7) is 0.812. The van der Waals surface area contributed by atoms with E-state index >= 15 is 0 Å². The molecule has 1 N–H and O–H groups in total. The fraction of sp³-hybridized carbons (Fsp3) is 0.364. The molecule has 0 aliphatic heterocycles. The standard InChI is InChI=1S/C11H14O5/c1-14-5-6-15-8-16-11-9(7-12)3-2-4-10(11)13/h2-4,7,13H,5-6,8H2,1H3. The molecule has 16 heavy (non-hydrogen) atoms. The molecular formula is C11H14O5. The lowest BCUT2D eigenvalue weighted by molar-refractivity contribution is -0.00965. The lowest BCUT2D eigenvalue weighted by atomic mass is 10.2. The van der Waals surface area contributed by atoms with Gasteiger partial charge < -0.3 is 19.3 Å². The van der Waals surface area contributed by atoms with Gasteiger partial charge >= 0.3 is 0 Å². The van der Waals surface area contributed by atoms with E-state index in [1.54, 1.807) is 19.2 Å². The first-order chi connectivity index (χ1) is 7.79. The van der Waals surface area contributed by atoms with Crippen molar-refractivity contribution in [2.45, 2.75) is 0 Å². The van der Waals surface area contributed by atoms with Crippen LogP contribution in [0.15, 0.2) is 18.2 Å². The maximum absolute atomic E-state index is 10.7. The van der Waals surface area contributed by atoms with Gasteiger partial charge in [0.1, 0.15) is 0 Å². The second-order valence-electron chi connectivity index (χ2n) is 2.98. The number of phenols is 1. The van der Waals surface area contributed by atoms with Crippen LogP contribution in [0.3, 0.4) is 0 Å². The van der Waals surface area contributed by atoms with E-state index in [4.69, 9.17) is 14.2 Å². The molecule has 5 heteroatoms. The van der Waals surface area contributed by atoms with Crippen LogP contribution in [0, 0.1) is 0 Å². The Labute approximate surface area is 93.6 Å². The van der Waals surface area contributed by atoms with Gasteiger partial charge in [0.25, 0.3) is 0 Å². The Morgan fingerprint density at radius 3 is 2.88 bits per heavy atom. The highest BCUT2D eigenvalue weighted by Gasteiger charge is 2.07. The van der Waals surface area contributed by atoms with Crippen molar-refractivity contribution in [1.29, 1.82) is 0 Å². The minimum absolute atomic E-state index is 0.0399. The van der Waals surface area contributed by atoms with E-state index in [9.17, 15) is 9.90 Å². The number of benzene rings is 1. The monoisotopic (exact) mass is 226 g/mol. The number of hydrogen-bond acceptors (Lipinski definition) is 5. The SMILES string of the molecule is COCCOCOc1c(O)cccc1C=O. The molecule has 1 aromatic carbocycles. The van der Waals surface area contributed by atoms with Gasteiger partial charge in [0.15, 0.2) is 24.6 Å². The molecule has 5 nitrogen and oxygen atoms in total. The Morgan fingerprint density at radius 1 is 1.38 bits per heavy atom. The highest BCUT2D eigenvalue weighted by Crippen LogP contribution is 2.28. The number of aldehydes is 1. The van der Waals surface area contributed by atoms with Gasteiger partial charge in [-0.05, 0) is 12.1 Å². The van der Waals surface area contributed by atoms with E-state index in [1.807, 2.05) is 0 Å². The molecule has 0 unspecified atom stereocenters. The van der Waals surface area contributed by atoms with Gasteiger partial charge in [-0.15, -0.1) is 0 Å². The van der Waals surface area contributed by atoms with Crippen LogP contribution in [0.5, 0.6) is 11.5 Å². The third-order valence-electron chi connectivity index (χ3n) is 1.87. The maximum Gasteiger partial charge on any atom is 0.189 e. The number of phenolic OH excluding ortho intramolecular Hbond substituents is 1. The van der Waals surface area contributed by atoms with Crippen molar-refractivity contribution in [2.75, 3.05) is 27.1 Å². The lowest BCUT2D eigenvalue weighted by Gasteiger charge is -2.10. The molecule has 0 aliphatic rings. The summed E-state index contributed by atoms with van der Waals surface area (Å²) in [7, 11) is 1.57. The van der Waals surface area contributed by atoms with Crippen molar-refractivity contribution in [2.24, 2.45) is 0 Å². The molecule has 88 valence electrons. The Bertz CT molecular complexity index is 337. The van der Waals surface area contributed by atoms with E-state index in [0.717, 1.165) is 0 Å². The van der Waals surface area contributed by atoms with Crippen LogP contribution >= 0.6 is 0 Å². The summed E-state index contributed by atoms with van der Waals surface area (Å²) in [6.07, 6.45) is 0.615. The first-order valence-electron chi connectivity index (χ1n) is 4.76. The quantitative estimate of drug-likeness (QED) is 0.430. The summed E-state index contributed by atoms with van der Waals surface area (Å²) in [4.78, 5) is 10.7. The molecule has 0 amide bonds. The van der Waals surface area contributed by atoms with Gasteiger partial charge in [-0.25, -0.2) is 0 Å². The summed E-state index contributed by atoms with van der Waals surface area (Å²) in [5.74, 6) is 0.0508. The van der Waals surface area contributed by atoms with Crippen LogP contribution in [-0.2, 0) is 9.47 Å². The summed E-state index contributed by atoms with van der Waals surface area (Å²) in [5.41, 5.74) is 0.287. The first kappa shape index (κ1) is 12.5. The summed E-state index contributed by atoms with van der Waals surface area (Å²) < 4.78 is 15.0. The van der Waals surface area contributed by atoms with Crippen molar-refractivity contribution in [1.82, 2.24) is 0 Å². The Balaban J connectivity index is 2.49. The highest BCUT2D eigenvalue weighted by molar-refractivity contribution is 5.80. The number of aromatic hydroxyl groups is 1. The zero-order chi connectivity index (χ0) is 11.8. The lowest BCUT2D eigenvalue weighted by Crippen LogP contribution is -2.08. The van der Waals surface area contributed by atoms with Gasteiger partial charge in [0, 0.05) is 7.11 Å². The minimum Gasteiger partial charge on any atom is -0.504 e. The van der Waals surface area contributed by atoms with Gasteiger partial charge in [0.05, 0.1) is 18.8 Å². The van der Waals surface area contributed by atoms with E-state index in [0.29, 0.717) is 19.5 Å². The van der Waals surface area contributed by atoms with E-state index < -0.39 is 0 Å². The summed E-state index contributed by atoms with van der Waals surface area (Å²) in [5, 5.41) is 9.46. The average Bonchev–Trinajstić information content (AvgIpc) is 2.30. The Morgan fingerprint density at radius 2 is 2.19 bits per heavy atom. The molecule has 1 aromatic rings. The number of methoxy groups -OCH3 is 1. The van der Waals surface area contributed by atoms with Gasteiger partial charge in [0.2, 0.25) is 0 Å². The molecule has 0 aliphatic carbocycles. The molecule has 0 fully saturated rings. The second kappa shape index (κ2) is 6.81. The van der Waals surface area contributed by atoms with Crippen molar-refractivity contribution in [3.63, 3.8) is 0 Å². The van der Waals surface area contributed by atoms with Crippen LogP contribution in [0.2, 0.25) is 0 Å². The van der Waals surface area contributed by atoms with Crippen molar-refractivity contribution in [3.8, 4) is 11.5 Å². The van der Waals surface area contributed by atoms with Crippen molar-refractivity contribution < 1.29 is 24.1 Å². The molecule has 0 heterocycles. The first-order valence-corrected chi connectivity index (χ1v) is 4.76. The number of rotatable bonds is 7. The molecule has 0 radical (unpaired) electrons. The summed E-state index contributed by atoms with van der Waals surface area (Å²) in [6, 6.07) is 4.56. The third kappa shape index (κ3) is 3.52. The molecule has 0 saturated heterocycles. The molecule has 0 aromatic heterocycles. The molecule has 1 rings (SSSR count). The number of para-hydroxylation sites is 1. The van der Waals surface area contributed by atoms with Gasteiger partial charge in [-0.3, -0.25) is 4.79 Å². The average molecular weight is 226 g/mol. The Kier molecular flexibility index (Phi) is 5.31. The fourth-order valence-corrected chi connectivity index (χ4v) is 1.09. The minimum atomic E-state index is -0.0834. The maximum atomic E-state index is 10.7.